The van der Waals surface area contributed by atoms with E-state index in [1.165, 1.54) is 0 Å². The van der Waals surface area contributed by atoms with Gasteiger partial charge in [-0.15, -0.1) is 0 Å². The number of aliphatic carboxylic acids is 1. The van der Waals surface area contributed by atoms with Crippen LogP contribution in [0.4, 0.5) is 13.2 Å². The van der Waals surface area contributed by atoms with Gasteiger partial charge in [-0.3, -0.25) is 4.79 Å². The number of nitrogens with two attached hydrogens (primary N) is 1. The van der Waals surface area contributed by atoms with E-state index in [1.807, 2.05) is 0 Å². The van der Waals surface area contributed by atoms with Crippen LogP contribution in [0.2, 0.25) is 0 Å². The first-order valence-electron chi connectivity index (χ1n) is 3.39. The molecule has 0 aromatic carbocycles. The summed E-state index contributed by atoms with van der Waals surface area (Å²) in [5.41, 5.74) is 5.01. The molecule has 12 heavy (non-hydrogen) atoms. The molecule has 0 unspecified atom stereocenters. The fraction of sp³-hybridized carbons (Fsp3) is 0.833. The molecule has 0 aromatic heterocycles. The third-order valence-corrected chi connectivity index (χ3v) is 2.01. The van der Waals surface area contributed by atoms with Gasteiger partial charge in [-0.1, -0.05) is 0 Å². The zero-order valence-corrected chi connectivity index (χ0v) is 6.01. The molecule has 0 amide bonds. The lowest BCUT2D eigenvalue weighted by atomic mass is 10.1. The Morgan fingerprint density at radius 3 is 2.33 bits per heavy atom. The number of hydrogen-bond donors (Lipinski definition) is 2. The molecule has 1 aliphatic rings. The highest BCUT2D eigenvalue weighted by Crippen LogP contribution is 2.51. The lowest BCUT2D eigenvalue weighted by molar-refractivity contribution is -0.153. The average Bonchev–Trinajstić information content (AvgIpc) is 2.61. The van der Waals surface area contributed by atoms with Crippen molar-refractivity contribution in [1.29, 1.82) is 0 Å². The van der Waals surface area contributed by atoms with Crippen LogP contribution in [0.5, 0.6) is 0 Å². The Bertz CT molecular complexity index is 203. The van der Waals surface area contributed by atoms with Gasteiger partial charge in [-0.05, 0) is 12.3 Å². The summed E-state index contributed by atoms with van der Waals surface area (Å²) < 4.78 is 35.6. The predicted molar refractivity (Wildman–Crippen MR) is 33.3 cm³/mol. The first kappa shape index (κ1) is 9.31. The van der Waals surface area contributed by atoms with Crippen LogP contribution in [0.25, 0.3) is 0 Å². The summed E-state index contributed by atoms with van der Waals surface area (Å²) in [5, 5.41) is 8.28. The number of rotatable bonds is 2. The Morgan fingerprint density at radius 1 is 1.58 bits per heavy atom. The summed E-state index contributed by atoms with van der Waals surface area (Å²) in [6, 6.07) is -1.38. The summed E-state index contributed by atoms with van der Waals surface area (Å²) in [7, 11) is 0. The van der Waals surface area contributed by atoms with Crippen molar-refractivity contribution in [2.45, 2.75) is 18.6 Å². The van der Waals surface area contributed by atoms with Crippen molar-refractivity contribution >= 4 is 5.97 Å². The molecule has 6 heteroatoms. The molecule has 3 nitrogen and oxygen atoms in total. The van der Waals surface area contributed by atoms with Crippen molar-refractivity contribution in [1.82, 2.24) is 0 Å². The number of carbonyl (C=O) groups is 1. The Hall–Kier alpha value is -0.780. The number of halogens is 3. The molecule has 0 saturated heterocycles. The van der Waals surface area contributed by atoms with Crippen molar-refractivity contribution in [2.24, 2.45) is 17.6 Å². The van der Waals surface area contributed by atoms with Crippen molar-refractivity contribution in [2.75, 3.05) is 0 Å². The molecular formula is C6H8F3NO2. The summed E-state index contributed by atoms with van der Waals surface area (Å²) in [6.45, 7) is 0. The van der Waals surface area contributed by atoms with Gasteiger partial charge in [0.2, 0.25) is 0 Å². The topological polar surface area (TPSA) is 63.3 Å². The standard InChI is InChI=1S/C6H8F3NO2/c7-6(8,9)3-1-2(3)4(10)5(11)12/h2-4H,1,10H2,(H,11,12)/t2-,3+,4+/m1/s1. The normalized spacial score (nSPS) is 31.3. The van der Waals surface area contributed by atoms with Crippen LogP contribution < -0.4 is 5.73 Å². The highest BCUT2D eigenvalue weighted by molar-refractivity contribution is 5.74. The summed E-state index contributed by atoms with van der Waals surface area (Å²) in [5.74, 6) is -3.81. The minimum Gasteiger partial charge on any atom is -0.480 e. The van der Waals surface area contributed by atoms with Gasteiger partial charge in [0, 0.05) is 0 Å². The minimum atomic E-state index is -4.29. The number of carboxylic acid groups (broad SMARTS) is 1. The van der Waals surface area contributed by atoms with Gasteiger partial charge < -0.3 is 10.8 Å². The maximum atomic E-state index is 11.9. The molecular weight excluding hydrogens is 175 g/mol. The first-order chi connectivity index (χ1) is 5.34. The lowest BCUT2D eigenvalue weighted by Gasteiger charge is -2.07. The second-order valence-electron chi connectivity index (χ2n) is 2.91. The van der Waals surface area contributed by atoms with E-state index in [-0.39, 0.29) is 6.42 Å². The van der Waals surface area contributed by atoms with Crippen LogP contribution in [-0.4, -0.2) is 23.3 Å². The molecule has 1 rings (SSSR count). The third-order valence-electron chi connectivity index (χ3n) is 2.01. The molecule has 1 aliphatic carbocycles. The number of hydrogen-bond acceptors (Lipinski definition) is 2. The molecule has 3 N–H and O–H groups in total. The van der Waals surface area contributed by atoms with Gasteiger partial charge in [0.15, 0.2) is 0 Å². The molecule has 3 atom stereocenters. The number of alkyl halides is 3. The average molecular weight is 183 g/mol. The van der Waals surface area contributed by atoms with Crippen LogP contribution in [-0.2, 0) is 4.79 Å². The Kier molecular flexibility index (Phi) is 2.03. The second-order valence-corrected chi connectivity index (χ2v) is 2.91. The van der Waals surface area contributed by atoms with E-state index in [4.69, 9.17) is 10.8 Å². The van der Waals surface area contributed by atoms with E-state index < -0.39 is 30.0 Å². The predicted octanol–water partition coefficient (Wildman–Crippen LogP) is 0.597. The molecule has 0 heterocycles. The molecule has 1 fully saturated rings. The van der Waals surface area contributed by atoms with Gasteiger partial charge in [-0.25, -0.2) is 0 Å². The van der Waals surface area contributed by atoms with E-state index in [2.05, 4.69) is 0 Å². The van der Waals surface area contributed by atoms with Gasteiger partial charge in [0.25, 0.3) is 0 Å². The third kappa shape index (κ3) is 1.69. The highest BCUT2D eigenvalue weighted by Gasteiger charge is 2.58. The summed E-state index contributed by atoms with van der Waals surface area (Å²) >= 11 is 0. The molecule has 1 saturated carbocycles. The summed E-state index contributed by atoms with van der Waals surface area (Å²) in [4.78, 5) is 10.2. The SMILES string of the molecule is N[C@H](C(=O)O)[C@@H]1C[C@@H]1C(F)(F)F. The quantitative estimate of drug-likeness (QED) is 0.658. The largest absolute Gasteiger partial charge is 0.480 e. The van der Waals surface area contributed by atoms with Gasteiger partial charge in [0.05, 0.1) is 5.92 Å². The molecule has 0 aliphatic heterocycles. The maximum Gasteiger partial charge on any atom is 0.392 e. The van der Waals surface area contributed by atoms with E-state index in [9.17, 15) is 18.0 Å². The van der Waals surface area contributed by atoms with Crippen LogP contribution in [0.15, 0.2) is 0 Å². The van der Waals surface area contributed by atoms with E-state index >= 15 is 0 Å². The molecule has 0 spiro atoms. The van der Waals surface area contributed by atoms with Crippen molar-refractivity contribution in [3.05, 3.63) is 0 Å². The maximum absolute atomic E-state index is 11.9. The van der Waals surface area contributed by atoms with E-state index in [1.54, 1.807) is 0 Å². The lowest BCUT2D eigenvalue weighted by Crippen LogP contribution is -2.34. The molecule has 0 bridgehead atoms. The van der Waals surface area contributed by atoms with E-state index in [0.29, 0.717) is 0 Å². The van der Waals surface area contributed by atoms with Gasteiger partial charge in [-0.2, -0.15) is 13.2 Å². The minimum absolute atomic E-state index is 0.156. The first-order valence-corrected chi connectivity index (χ1v) is 3.39. The van der Waals surface area contributed by atoms with Crippen LogP contribution in [0.1, 0.15) is 6.42 Å². The molecule has 0 radical (unpaired) electrons. The Labute approximate surface area is 66.4 Å². The van der Waals surface area contributed by atoms with Gasteiger partial charge in [0.1, 0.15) is 6.04 Å². The molecule has 0 aromatic rings. The highest BCUT2D eigenvalue weighted by atomic mass is 19.4. The second kappa shape index (κ2) is 2.62. The zero-order valence-electron chi connectivity index (χ0n) is 6.01. The number of carboxylic acids is 1. The van der Waals surface area contributed by atoms with Crippen LogP contribution in [0.3, 0.4) is 0 Å². The fourth-order valence-corrected chi connectivity index (χ4v) is 1.17. The smallest absolute Gasteiger partial charge is 0.392 e. The zero-order chi connectivity index (χ0) is 9.52. The van der Waals surface area contributed by atoms with E-state index in [0.717, 1.165) is 0 Å². The Balaban J connectivity index is 2.48. The van der Waals surface area contributed by atoms with Crippen LogP contribution in [0, 0.1) is 11.8 Å². The van der Waals surface area contributed by atoms with Crippen LogP contribution >= 0.6 is 0 Å². The fourth-order valence-electron chi connectivity index (χ4n) is 1.17. The van der Waals surface area contributed by atoms with Crippen molar-refractivity contribution in [3.8, 4) is 0 Å². The molecule has 70 valence electrons. The monoisotopic (exact) mass is 183 g/mol. The summed E-state index contributed by atoms with van der Waals surface area (Å²) in [6.07, 6.45) is -4.45. The Morgan fingerprint density at radius 2 is 2.08 bits per heavy atom. The van der Waals surface area contributed by atoms with Crippen molar-refractivity contribution < 1.29 is 23.1 Å². The van der Waals surface area contributed by atoms with Gasteiger partial charge >= 0.3 is 12.1 Å². The van der Waals surface area contributed by atoms with Crippen molar-refractivity contribution in [3.63, 3.8) is 0 Å².